The molecule has 2 N–H and O–H groups in total. The van der Waals surface area contributed by atoms with Crippen molar-refractivity contribution in [3.63, 3.8) is 0 Å². The van der Waals surface area contributed by atoms with Gasteiger partial charge in [0.1, 0.15) is 0 Å². The van der Waals surface area contributed by atoms with Gasteiger partial charge in [-0.1, -0.05) is 6.07 Å². The number of methoxy groups -OCH3 is 2. The summed E-state index contributed by atoms with van der Waals surface area (Å²) in [5.74, 6) is 2.03. The second-order valence-electron chi connectivity index (χ2n) is 6.80. The first-order valence-electron chi connectivity index (χ1n) is 8.52. The zero-order chi connectivity index (χ0) is 19.8. The number of benzene rings is 1. The lowest BCUT2D eigenvalue weighted by Crippen LogP contribution is -2.42. The Bertz CT molecular complexity index is 710. The molecule has 0 radical (unpaired) electrons. The number of sulfone groups is 1. The van der Waals surface area contributed by atoms with Gasteiger partial charge in [-0.05, 0) is 44.9 Å². The summed E-state index contributed by atoms with van der Waals surface area (Å²) in [6, 6.07) is 5.79. The van der Waals surface area contributed by atoms with Crippen LogP contribution in [-0.4, -0.2) is 59.2 Å². The molecular weight excluding hydrogens is 354 g/mol. The summed E-state index contributed by atoms with van der Waals surface area (Å²) in [6.45, 7) is 6.09. The van der Waals surface area contributed by atoms with Crippen molar-refractivity contribution in [2.24, 2.45) is 4.99 Å². The van der Waals surface area contributed by atoms with Crippen LogP contribution in [0.15, 0.2) is 23.2 Å². The number of nitrogens with zero attached hydrogens (tertiary/aromatic N) is 1. The van der Waals surface area contributed by atoms with E-state index in [0.717, 1.165) is 12.0 Å². The van der Waals surface area contributed by atoms with Crippen molar-refractivity contribution in [3.8, 4) is 11.5 Å². The van der Waals surface area contributed by atoms with Crippen LogP contribution in [0, 0.1) is 0 Å². The quantitative estimate of drug-likeness (QED) is 0.522. The summed E-state index contributed by atoms with van der Waals surface area (Å²) in [7, 11) is 1.72. The number of hydrogen-bond acceptors (Lipinski definition) is 5. The normalized spacial score (nSPS) is 12.6. The fourth-order valence-electron chi connectivity index (χ4n) is 2.19. The molecule has 0 aliphatic carbocycles. The SMILES string of the molecule is CN=C(NCCc1ccc(OC)c(OC)c1)NCCS(=O)(=O)C(C)(C)C. The summed E-state index contributed by atoms with van der Waals surface area (Å²) < 4.78 is 34.0. The third kappa shape index (κ3) is 6.40. The number of nitrogens with one attached hydrogen (secondary N) is 2. The predicted molar refractivity (Wildman–Crippen MR) is 106 cm³/mol. The largest absolute Gasteiger partial charge is 0.493 e. The van der Waals surface area contributed by atoms with Gasteiger partial charge >= 0.3 is 0 Å². The highest BCUT2D eigenvalue weighted by Gasteiger charge is 2.28. The smallest absolute Gasteiger partial charge is 0.191 e. The molecule has 0 aliphatic rings. The van der Waals surface area contributed by atoms with E-state index in [1.807, 2.05) is 18.2 Å². The monoisotopic (exact) mass is 385 g/mol. The van der Waals surface area contributed by atoms with Crippen LogP contribution in [0.1, 0.15) is 26.3 Å². The molecule has 1 aromatic rings. The number of aliphatic imine (C=N–C) groups is 1. The minimum absolute atomic E-state index is 0.0624. The van der Waals surface area contributed by atoms with Gasteiger partial charge in [0, 0.05) is 20.1 Å². The van der Waals surface area contributed by atoms with Crippen LogP contribution < -0.4 is 20.1 Å². The summed E-state index contributed by atoms with van der Waals surface area (Å²) in [4.78, 5) is 4.12. The lowest BCUT2D eigenvalue weighted by molar-refractivity contribution is 0.354. The van der Waals surface area contributed by atoms with E-state index in [1.165, 1.54) is 0 Å². The second kappa shape index (κ2) is 9.66. The zero-order valence-corrected chi connectivity index (χ0v) is 17.4. The van der Waals surface area contributed by atoms with Gasteiger partial charge < -0.3 is 20.1 Å². The third-order valence-corrected chi connectivity index (χ3v) is 6.58. The molecule has 26 heavy (non-hydrogen) atoms. The van der Waals surface area contributed by atoms with Crippen LogP contribution in [0.3, 0.4) is 0 Å². The highest BCUT2D eigenvalue weighted by atomic mass is 32.2. The van der Waals surface area contributed by atoms with E-state index in [4.69, 9.17) is 9.47 Å². The third-order valence-electron chi connectivity index (χ3n) is 3.97. The molecule has 0 unspecified atom stereocenters. The highest BCUT2D eigenvalue weighted by molar-refractivity contribution is 7.92. The molecule has 0 heterocycles. The fourth-order valence-corrected chi connectivity index (χ4v) is 3.18. The Labute approximate surface area is 157 Å². The van der Waals surface area contributed by atoms with E-state index in [0.29, 0.717) is 30.5 Å². The molecule has 0 atom stereocenters. The van der Waals surface area contributed by atoms with E-state index < -0.39 is 14.6 Å². The summed E-state index contributed by atoms with van der Waals surface area (Å²) in [5.41, 5.74) is 1.10. The molecule has 0 saturated carbocycles. The van der Waals surface area contributed by atoms with E-state index >= 15 is 0 Å². The summed E-state index contributed by atoms with van der Waals surface area (Å²) >= 11 is 0. The van der Waals surface area contributed by atoms with E-state index in [-0.39, 0.29) is 5.75 Å². The van der Waals surface area contributed by atoms with Crippen molar-refractivity contribution in [2.75, 3.05) is 40.1 Å². The molecule has 1 aromatic carbocycles. The number of hydrogen-bond donors (Lipinski definition) is 2. The van der Waals surface area contributed by atoms with Crippen LogP contribution in [-0.2, 0) is 16.3 Å². The Morgan fingerprint density at radius 2 is 1.69 bits per heavy atom. The molecule has 0 bridgehead atoms. The van der Waals surface area contributed by atoms with Crippen LogP contribution in [0.25, 0.3) is 0 Å². The molecule has 0 saturated heterocycles. The first-order valence-corrected chi connectivity index (χ1v) is 10.2. The minimum atomic E-state index is -3.15. The molecule has 0 aromatic heterocycles. The van der Waals surface area contributed by atoms with Gasteiger partial charge in [0.25, 0.3) is 0 Å². The maximum Gasteiger partial charge on any atom is 0.191 e. The maximum absolute atomic E-state index is 12.1. The Balaban J connectivity index is 2.48. The number of guanidine groups is 1. The van der Waals surface area contributed by atoms with Crippen molar-refractivity contribution < 1.29 is 17.9 Å². The standard InChI is InChI=1S/C18H31N3O4S/c1-18(2,3)26(22,23)12-11-21-17(19-4)20-10-9-14-7-8-15(24-5)16(13-14)25-6/h7-8,13H,9-12H2,1-6H3,(H2,19,20,21). The molecule has 8 heteroatoms. The molecule has 1 rings (SSSR count). The first kappa shape index (κ1) is 22.1. The average molecular weight is 386 g/mol. The topological polar surface area (TPSA) is 89.0 Å². The Morgan fingerprint density at radius 1 is 1.08 bits per heavy atom. The average Bonchev–Trinajstić information content (AvgIpc) is 2.59. The highest BCUT2D eigenvalue weighted by Crippen LogP contribution is 2.27. The van der Waals surface area contributed by atoms with Crippen LogP contribution in [0.2, 0.25) is 0 Å². The zero-order valence-electron chi connectivity index (χ0n) is 16.5. The number of ether oxygens (including phenoxy) is 2. The van der Waals surface area contributed by atoms with E-state index in [2.05, 4.69) is 15.6 Å². The van der Waals surface area contributed by atoms with Crippen molar-refractivity contribution in [3.05, 3.63) is 23.8 Å². The van der Waals surface area contributed by atoms with Crippen molar-refractivity contribution in [1.29, 1.82) is 0 Å². The lowest BCUT2D eigenvalue weighted by Gasteiger charge is -2.19. The van der Waals surface area contributed by atoms with Gasteiger partial charge in [0.2, 0.25) is 0 Å². The molecular formula is C18H31N3O4S. The summed E-state index contributed by atoms with van der Waals surface area (Å²) in [5, 5.41) is 6.22. The maximum atomic E-state index is 12.1. The Morgan fingerprint density at radius 3 is 2.23 bits per heavy atom. The molecule has 0 spiro atoms. The van der Waals surface area contributed by atoms with Crippen molar-refractivity contribution in [2.45, 2.75) is 31.9 Å². The second-order valence-corrected chi connectivity index (χ2v) is 9.66. The van der Waals surface area contributed by atoms with Crippen LogP contribution >= 0.6 is 0 Å². The molecule has 7 nitrogen and oxygen atoms in total. The Hall–Kier alpha value is -1.96. The van der Waals surface area contributed by atoms with Gasteiger partial charge in [0.05, 0.1) is 24.7 Å². The van der Waals surface area contributed by atoms with Gasteiger partial charge in [-0.3, -0.25) is 4.99 Å². The summed E-state index contributed by atoms with van der Waals surface area (Å²) in [6.07, 6.45) is 0.765. The lowest BCUT2D eigenvalue weighted by atomic mass is 10.1. The van der Waals surface area contributed by atoms with Gasteiger partial charge in [-0.15, -0.1) is 0 Å². The van der Waals surface area contributed by atoms with Gasteiger partial charge in [0.15, 0.2) is 27.3 Å². The van der Waals surface area contributed by atoms with E-state index in [9.17, 15) is 8.42 Å². The fraction of sp³-hybridized carbons (Fsp3) is 0.611. The molecule has 0 aliphatic heterocycles. The van der Waals surface area contributed by atoms with E-state index in [1.54, 1.807) is 42.0 Å². The Kier molecular flexibility index (Phi) is 8.20. The van der Waals surface area contributed by atoms with Crippen molar-refractivity contribution in [1.82, 2.24) is 10.6 Å². The van der Waals surface area contributed by atoms with Crippen molar-refractivity contribution >= 4 is 15.8 Å². The molecule has 148 valence electrons. The predicted octanol–water partition coefficient (Wildman–Crippen LogP) is 1.62. The van der Waals surface area contributed by atoms with Crippen LogP contribution in [0.5, 0.6) is 11.5 Å². The van der Waals surface area contributed by atoms with Gasteiger partial charge in [-0.2, -0.15) is 0 Å². The first-order chi connectivity index (χ1) is 12.1. The molecule has 0 amide bonds. The molecule has 0 fully saturated rings. The van der Waals surface area contributed by atoms with Crippen LogP contribution in [0.4, 0.5) is 0 Å². The number of rotatable bonds is 8. The van der Waals surface area contributed by atoms with Gasteiger partial charge in [-0.25, -0.2) is 8.42 Å². The minimum Gasteiger partial charge on any atom is -0.493 e.